The minimum absolute atomic E-state index is 0.184. The van der Waals surface area contributed by atoms with Crippen LogP contribution in [0, 0.1) is 5.82 Å². The van der Waals surface area contributed by atoms with Crippen LogP contribution in [0.25, 0.3) is 0 Å². The molecule has 0 bridgehead atoms. The van der Waals surface area contributed by atoms with Gasteiger partial charge in [0.15, 0.2) is 0 Å². The lowest BCUT2D eigenvalue weighted by molar-refractivity contribution is 0.236. The van der Waals surface area contributed by atoms with Crippen molar-refractivity contribution in [3.63, 3.8) is 0 Å². The molecule has 0 amide bonds. The topological polar surface area (TPSA) is 27.3 Å². The van der Waals surface area contributed by atoms with Gasteiger partial charge in [0.05, 0.1) is 5.69 Å². The van der Waals surface area contributed by atoms with Crippen LogP contribution in [0.5, 0.6) is 0 Å². The maximum atomic E-state index is 13.3. The van der Waals surface area contributed by atoms with Crippen LogP contribution in [0.2, 0.25) is 0 Å². The van der Waals surface area contributed by atoms with Crippen LogP contribution in [-0.2, 0) is 0 Å². The maximum absolute atomic E-state index is 13.3. The third-order valence-electron chi connectivity index (χ3n) is 3.47. The molecule has 100 valence electrons. The summed E-state index contributed by atoms with van der Waals surface area (Å²) >= 11 is 0. The van der Waals surface area contributed by atoms with Gasteiger partial charge >= 0.3 is 0 Å². The number of piperidine rings is 1. The molecule has 4 heteroatoms. The largest absolute Gasteiger partial charge is 0.381 e. The highest BCUT2D eigenvalue weighted by molar-refractivity contribution is 5.44. The van der Waals surface area contributed by atoms with Gasteiger partial charge in [0.25, 0.3) is 0 Å². The van der Waals surface area contributed by atoms with E-state index < -0.39 is 0 Å². The van der Waals surface area contributed by atoms with Gasteiger partial charge in [-0.3, -0.25) is 0 Å². The van der Waals surface area contributed by atoms with Gasteiger partial charge in [0, 0.05) is 19.1 Å². The average molecular weight is 251 g/mol. The van der Waals surface area contributed by atoms with E-state index in [2.05, 4.69) is 22.6 Å². The minimum Gasteiger partial charge on any atom is -0.381 e. The van der Waals surface area contributed by atoms with Gasteiger partial charge in [-0.05, 0) is 45.1 Å². The van der Waals surface area contributed by atoms with Crippen LogP contribution in [-0.4, -0.2) is 44.2 Å². The molecule has 1 saturated heterocycles. The van der Waals surface area contributed by atoms with E-state index in [1.165, 1.54) is 32.0 Å². The van der Waals surface area contributed by atoms with Crippen molar-refractivity contribution in [3.8, 4) is 0 Å². The Morgan fingerprint density at radius 3 is 2.67 bits per heavy atom. The van der Waals surface area contributed by atoms with Crippen molar-refractivity contribution >= 4 is 5.69 Å². The summed E-state index contributed by atoms with van der Waals surface area (Å²) in [4.78, 5) is 2.36. The van der Waals surface area contributed by atoms with Gasteiger partial charge in [-0.15, -0.1) is 0 Å². The lowest BCUT2D eigenvalue weighted by Crippen LogP contribution is -2.42. The lowest BCUT2D eigenvalue weighted by atomic mass is 10.1. The van der Waals surface area contributed by atoms with Crippen LogP contribution < -0.4 is 10.6 Å². The molecule has 0 unspecified atom stereocenters. The monoisotopic (exact) mass is 251 g/mol. The van der Waals surface area contributed by atoms with Crippen molar-refractivity contribution in [1.82, 2.24) is 10.2 Å². The highest BCUT2D eigenvalue weighted by Crippen LogP contribution is 2.11. The van der Waals surface area contributed by atoms with Crippen molar-refractivity contribution in [3.05, 3.63) is 30.1 Å². The molecule has 0 saturated carbocycles. The quantitative estimate of drug-likeness (QED) is 0.783. The van der Waals surface area contributed by atoms with E-state index in [0.717, 1.165) is 13.1 Å². The standard InChI is InChI=1S/C14H22FN3/c1-18-10-6-12(7-11-18)16-8-9-17-14-5-3-2-4-13(14)15/h2-5,12,16-17H,6-11H2,1H3. The molecule has 1 aliphatic rings. The number of likely N-dealkylation sites (tertiary alicyclic amines) is 1. The Hall–Kier alpha value is -1.13. The van der Waals surface area contributed by atoms with E-state index in [1.54, 1.807) is 12.1 Å². The summed E-state index contributed by atoms with van der Waals surface area (Å²) in [5, 5.41) is 6.63. The van der Waals surface area contributed by atoms with Gasteiger partial charge in [0.2, 0.25) is 0 Å². The molecular weight excluding hydrogens is 229 g/mol. The minimum atomic E-state index is -0.184. The molecule has 0 atom stereocenters. The van der Waals surface area contributed by atoms with Crippen molar-refractivity contribution < 1.29 is 4.39 Å². The Morgan fingerprint density at radius 2 is 1.94 bits per heavy atom. The first-order valence-electron chi connectivity index (χ1n) is 6.66. The molecule has 3 nitrogen and oxygen atoms in total. The molecule has 0 aliphatic carbocycles. The summed E-state index contributed by atoms with van der Waals surface area (Å²) in [7, 11) is 2.16. The molecule has 1 aliphatic heterocycles. The van der Waals surface area contributed by atoms with Crippen LogP contribution in [0.15, 0.2) is 24.3 Å². The number of nitrogens with one attached hydrogen (secondary N) is 2. The number of halogens is 1. The van der Waals surface area contributed by atoms with E-state index in [-0.39, 0.29) is 5.82 Å². The first kappa shape index (κ1) is 13.3. The second-order valence-electron chi connectivity index (χ2n) is 4.94. The van der Waals surface area contributed by atoms with E-state index in [0.29, 0.717) is 11.7 Å². The summed E-state index contributed by atoms with van der Waals surface area (Å²) in [6, 6.07) is 7.41. The SMILES string of the molecule is CN1CCC(NCCNc2ccccc2F)CC1. The highest BCUT2D eigenvalue weighted by Gasteiger charge is 2.15. The number of benzene rings is 1. The summed E-state index contributed by atoms with van der Waals surface area (Å²) in [5.41, 5.74) is 0.586. The van der Waals surface area contributed by atoms with Crippen LogP contribution >= 0.6 is 0 Å². The first-order valence-corrected chi connectivity index (χ1v) is 6.66. The third-order valence-corrected chi connectivity index (χ3v) is 3.47. The molecule has 2 rings (SSSR count). The Kier molecular flexibility index (Phi) is 4.96. The highest BCUT2D eigenvalue weighted by atomic mass is 19.1. The number of nitrogens with zero attached hydrogens (tertiary/aromatic N) is 1. The predicted octanol–water partition coefficient (Wildman–Crippen LogP) is 1.92. The Morgan fingerprint density at radius 1 is 1.22 bits per heavy atom. The molecule has 1 aromatic carbocycles. The first-order chi connectivity index (χ1) is 8.75. The Balaban J connectivity index is 1.63. The fraction of sp³-hybridized carbons (Fsp3) is 0.571. The van der Waals surface area contributed by atoms with Gasteiger partial charge in [0.1, 0.15) is 5.82 Å². The molecule has 1 heterocycles. The molecule has 1 aromatic rings. The van der Waals surface area contributed by atoms with Crippen molar-refractivity contribution in [2.45, 2.75) is 18.9 Å². The number of para-hydroxylation sites is 1. The van der Waals surface area contributed by atoms with Gasteiger partial charge < -0.3 is 15.5 Å². The predicted molar refractivity (Wildman–Crippen MR) is 73.4 cm³/mol. The normalized spacial score (nSPS) is 17.9. The summed E-state index contributed by atoms with van der Waals surface area (Å²) in [6.07, 6.45) is 2.41. The van der Waals surface area contributed by atoms with Crippen molar-refractivity contribution in [2.75, 3.05) is 38.5 Å². The average Bonchev–Trinajstić information content (AvgIpc) is 2.39. The van der Waals surface area contributed by atoms with E-state index in [4.69, 9.17) is 0 Å². The number of rotatable bonds is 5. The van der Waals surface area contributed by atoms with Crippen LogP contribution in [0.4, 0.5) is 10.1 Å². The number of anilines is 1. The van der Waals surface area contributed by atoms with Gasteiger partial charge in [-0.25, -0.2) is 4.39 Å². The van der Waals surface area contributed by atoms with E-state index >= 15 is 0 Å². The van der Waals surface area contributed by atoms with Crippen molar-refractivity contribution in [1.29, 1.82) is 0 Å². The maximum Gasteiger partial charge on any atom is 0.146 e. The molecule has 2 N–H and O–H groups in total. The van der Waals surface area contributed by atoms with Crippen molar-refractivity contribution in [2.24, 2.45) is 0 Å². The number of hydrogen-bond acceptors (Lipinski definition) is 3. The molecular formula is C14H22FN3. The van der Waals surface area contributed by atoms with E-state index in [1.807, 2.05) is 6.07 Å². The summed E-state index contributed by atoms with van der Waals surface area (Å²) < 4.78 is 13.3. The third kappa shape index (κ3) is 3.96. The number of hydrogen-bond donors (Lipinski definition) is 2. The van der Waals surface area contributed by atoms with Gasteiger partial charge in [-0.2, -0.15) is 0 Å². The summed E-state index contributed by atoms with van der Waals surface area (Å²) in [6.45, 7) is 3.97. The summed E-state index contributed by atoms with van der Waals surface area (Å²) in [5.74, 6) is -0.184. The fourth-order valence-electron chi connectivity index (χ4n) is 2.29. The molecule has 1 fully saturated rings. The zero-order valence-electron chi connectivity index (χ0n) is 11.0. The zero-order chi connectivity index (χ0) is 12.8. The zero-order valence-corrected chi connectivity index (χ0v) is 11.0. The smallest absolute Gasteiger partial charge is 0.146 e. The lowest BCUT2D eigenvalue weighted by Gasteiger charge is -2.29. The van der Waals surface area contributed by atoms with Crippen LogP contribution in [0.3, 0.4) is 0 Å². The van der Waals surface area contributed by atoms with E-state index in [9.17, 15) is 4.39 Å². The van der Waals surface area contributed by atoms with Gasteiger partial charge in [-0.1, -0.05) is 12.1 Å². The Labute approximate surface area is 108 Å². The fourth-order valence-corrected chi connectivity index (χ4v) is 2.29. The second kappa shape index (κ2) is 6.71. The second-order valence-corrected chi connectivity index (χ2v) is 4.94. The molecule has 0 spiro atoms. The molecule has 0 radical (unpaired) electrons. The van der Waals surface area contributed by atoms with Crippen LogP contribution in [0.1, 0.15) is 12.8 Å². The molecule has 0 aromatic heterocycles. The Bertz CT molecular complexity index is 362. The molecule has 18 heavy (non-hydrogen) atoms.